The first-order valence-corrected chi connectivity index (χ1v) is 17.9. The predicted octanol–water partition coefficient (Wildman–Crippen LogP) is 13.1. The molecule has 0 saturated carbocycles. The molecule has 1 aliphatic rings. The Balaban J connectivity index is 1.13. The van der Waals surface area contributed by atoms with Crippen LogP contribution in [0.25, 0.3) is 99.2 Å². The van der Waals surface area contributed by atoms with E-state index in [1.54, 1.807) is 0 Å². The van der Waals surface area contributed by atoms with Crippen LogP contribution in [0.2, 0.25) is 0 Å². The van der Waals surface area contributed by atoms with E-state index in [9.17, 15) is 0 Å². The van der Waals surface area contributed by atoms with E-state index < -0.39 is 0 Å². The zero-order valence-electron chi connectivity index (χ0n) is 28.8. The highest BCUT2D eigenvalue weighted by Gasteiger charge is 2.38. The summed E-state index contributed by atoms with van der Waals surface area (Å²) in [7, 11) is 0. The van der Waals surface area contributed by atoms with E-state index in [1.165, 1.54) is 38.8 Å². The van der Waals surface area contributed by atoms with Gasteiger partial charge in [-0.1, -0.05) is 141 Å². The molecule has 3 aromatic heterocycles. The van der Waals surface area contributed by atoms with Crippen molar-refractivity contribution in [2.75, 3.05) is 0 Å². The molecule has 0 spiro atoms. The van der Waals surface area contributed by atoms with Crippen LogP contribution in [0.1, 0.15) is 25.0 Å². The number of fused-ring (bicyclic) bond motifs is 11. The molecule has 11 rings (SSSR count). The highest BCUT2D eigenvalue weighted by Crippen LogP contribution is 2.55. The molecule has 0 atom stereocenters. The Hall–Kier alpha value is -6.58. The molecule has 3 heterocycles. The summed E-state index contributed by atoms with van der Waals surface area (Å²) in [5.41, 5.74) is 15.3. The number of hydrogen-bond donors (Lipinski definition) is 0. The third-order valence-corrected chi connectivity index (χ3v) is 11.3. The number of furan rings is 1. The van der Waals surface area contributed by atoms with E-state index >= 15 is 0 Å². The predicted molar refractivity (Wildman–Crippen MR) is 216 cm³/mol. The van der Waals surface area contributed by atoms with Crippen LogP contribution in [0.5, 0.6) is 0 Å². The van der Waals surface area contributed by atoms with Crippen LogP contribution in [0.15, 0.2) is 162 Å². The number of para-hydroxylation sites is 1. The minimum Gasteiger partial charge on any atom is -0.455 e. The standard InChI is InChI=1S/C49H32N2O/c1-49(2)40-18-10-8-16-37(40)45-41(49)27-39(44-38-17-9-11-19-43(38)52-48(44)45)35-23-24-36(34-15-7-6-14-33(34)35)42-25-22-30-20-21-31-26-32(29-12-4-3-5-13-29)28-50-46(31)47(30)51-42/h3-28H,1-2H3. The van der Waals surface area contributed by atoms with E-state index in [0.29, 0.717) is 0 Å². The summed E-state index contributed by atoms with van der Waals surface area (Å²) in [6.07, 6.45) is 1.96. The molecule has 244 valence electrons. The Labute approximate surface area is 300 Å². The van der Waals surface area contributed by atoms with Crippen LogP contribution in [-0.2, 0) is 5.41 Å². The molecule has 52 heavy (non-hydrogen) atoms. The van der Waals surface area contributed by atoms with Gasteiger partial charge in [0.15, 0.2) is 0 Å². The second-order valence-corrected chi connectivity index (χ2v) is 14.5. The summed E-state index contributed by atoms with van der Waals surface area (Å²) in [6.45, 7) is 4.67. The topological polar surface area (TPSA) is 38.9 Å². The molecule has 0 bridgehead atoms. The van der Waals surface area contributed by atoms with Crippen LogP contribution >= 0.6 is 0 Å². The summed E-state index contributed by atoms with van der Waals surface area (Å²) in [6, 6.07) is 54.2. The van der Waals surface area contributed by atoms with Gasteiger partial charge in [-0.25, -0.2) is 4.98 Å². The Morgan fingerprint density at radius 3 is 2.06 bits per heavy atom. The fourth-order valence-electron chi connectivity index (χ4n) is 8.74. The Kier molecular flexibility index (Phi) is 6.01. The number of rotatable bonds is 3. The quantitative estimate of drug-likeness (QED) is 0.176. The minimum absolute atomic E-state index is 0.169. The molecule has 7 aromatic carbocycles. The number of nitrogens with zero attached hydrogens (tertiary/aromatic N) is 2. The summed E-state index contributed by atoms with van der Waals surface area (Å²) < 4.78 is 6.81. The maximum atomic E-state index is 6.81. The maximum absolute atomic E-state index is 6.81. The lowest BCUT2D eigenvalue weighted by Gasteiger charge is -2.22. The van der Waals surface area contributed by atoms with Crippen molar-refractivity contribution in [2.45, 2.75) is 19.3 Å². The molecule has 0 fully saturated rings. The molecule has 10 aromatic rings. The van der Waals surface area contributed by atoms with Crippen molar-refractivity contribution in [2.24, 2.45) is 0 Å². The van der Waals surface area contributed by atoms with Gasteiger partial charge in [-0.3, -0.25) is 4.98 Å². The number of pyridine rings is 2. The molecule has 3 nitrogen and oxygen atoms in total. The highest BCUT2D eigenvalue weighted by molar-refractivity contribution is 6.20. The fourth-order valence-corrected chi connectivity index (χ4v) is 8.74. The molecular weight excluding hydrogens is 633 g/mol. The first-order chi connectivity index (χ1) is 25.5. The van der Waals surface area contributed by atoms with E-state index in [4.69, 9.17) is 14.4 Å². The molecule has 0 saturated heterocycles. The zero-order chi connectivity index (χ0) is 34.6. The van der Waals surface area contributed by atoms with Gasteiger partial charge in [0.2, 0.25) is 0 Å². The van der Waals surface area contributed by atoms with Crippen LogP contribution in [0.3, 0.4) is 0 Å². The smallest absolute Gasteiger partial charge is 0.144 e. The molecule has 3 heteroatoms. The minimum atomic E-state index is -0.169. The molecule has 1 aliphatic carbocycles. The van der Waals surface area contributed by atoms with Gasteiger partial charge in [0, 0.05) is 49.8 Å². The van der Waals surface area contributed by atoms with Crippen molar-refractivity contribution < 1.29 is 4.42 Å². The average molecular weight is 665 g/mol. The van der Waals surface area contributed by atoms with Gasteiger partial charge in [0.1, 0.15) is 11.2 Å². The Bertz CT molecular complexity index is 3100. The first-order valence-electron chi connectivity index (χ1n) is 17.9. The second-order valence-electron chi connectivity index (χ2n) is 14.5. The summed E-state index contributed by atoms with van der Waals surface area (Å²) in [5.74, 6) is 0. The van der Waals surface area contributed by atoms with E-state index in [-0.39, 0.29) is 5.41 Å². The van der Waals surface area contributed by atoms with Gasteiger partial charge in [-0.15, -0.1) is 0 Å². The first kappa shape index (κ1) is 29.2. The van der Waals surface area contributed by atoms with Gasteiger partial charge < -0.3 is 4.42 Å². The van der Waals surface area contributed by atoms with Crippen LogP contribution < -0.4 is 0 Å². The lowest BCUT2D eigenvalue weighted by Crippen LogP contribution is -2.15. The van der Waals surface area contributed by atoms with Crippen molar-refractivity contribution in [1.82, 2.24) is 9.97 Å². The Morgan fingerprint density at radius 2 is 1.19 bits per heavy atom. The third kappa shape index (κ3) is 4.08. The average Bonchev–Trinajstić information content (AvgIpc) is 3.69. The Morgan fingerprint density at radius 1 is 0.500 bits per heavy atom. The summed E-state index contributed by atoms with van der Waals surface area (Å²) in [5, 5.41) is 6.80. The summed E-state index contributed by atoms with van der Waals surface area (Å²) >= 11 is 0. The number of aromatic nitrogens is 2. The zero-order valence-corrected chi connectivity index (χ0v) is 28.8. The van der Waals surface area contributed by atoms with Crippen LogP contribution in [0, 0.1) is 0 Å². The van der Waals surface area contributed by atoms with Gasteiger partial charge >= 0.3 is 0 Å². The number of hydrogen-bond acceptors (Lipinski definition) is 3. The van der Waals surface area contributed by atoms with E-state index in [0.717, 1.165) is 71.5 Å². The van der Waals surface area contributed by atoms with Crippen molar-refractivity contribution in [3.05, 3.63) is 169 Å². The van der Waals surface area contributed by atoms with E-state index in [2.05, 4.69) is 159 Å². The summed E-state index contributed by atoms with van der Waals surface area (Å²) in [4.78, 5) is 10.3. The molecule has 0 unspecified atom stereocenters. The van der Waals surface area contributed by atoms with Crippen molar-refractivity contribution >= 4 is 54.5 Å². The van der Waals surface area contributed by atoms with Gasteiger partial charge in [0.05, 0.1) is 16.7 Å². The SMILES string of the molecule is CC1(C)c2ccccc2-c2c1cc(-c1ccc(-c3ccc4ccc5cc(-c6ccccc6)cnc5c4n3)c3ccccc13)c1c2oc2ccccc21. The fraction of sp³-hybridized carbons (Fsp3) is 0.0612. The highest BCUT2D eigenvalue weighted by atomic mass is 16.3. The van der Waals surface area contributed by atoms with E-state index in [1.807, 2.05) is 12.3 Å². The molecule has 0 N–H and O–H groups in total. The molecule has 0 radical (unpaired) electrons. The van der Waals surface area contributed by atoms with Gasteiger partial charge in [-0.2, -0.15) is 0 Å². The molecule has 0 amide bonds. The lowest BCUT2D eigenvalue weighted by atomic mass is 9.80. The maximum Gasteiger partial charge on any atom is 0.144 e. The normalized spacial score (nSPS) is 13.3. The van der Waals surface area contributed by atoms with Gasteiger partial charge in [0.25, 0.3) is 0 Å². The van der Waals surface area contributed by atoms with Crippen molar-refractivity contribution in [3.8, 4) is 44.6 Å². The number of benzene rings is 7. The lowest BCUT2D eigenvalue weighted by molar-refractivity contribution is 0.653. The second kappa shape index (κ2) is 10.7. The molecule has 0 aliphatic heterocycles. The monoisotopic (exact) mass is 664 g/mol. The van der Waals surface area contributed by atoms with Crippen molar-refractivity contribution in [3.63, 3.8) is 0 Å². The van der Waals surface area contributed by atoms with Crippen LogP contribution in [-0.4, -0.2) is 9.97 Å². The molecular formula is C49H32N2O. The van der Waals surface area contributed by atoms with Crippen LogP contribution in [0.4, 0.5) is 0 Å². The van der Waals surface area contributed by atoms with Crippen molar-refractivity contribution in [1.29, 1.82) is 0 Å². The largest absolute Gasteiger partial charge is 0.455 e. The third-order valence-electron chi connectivity index (χ3n) is 11.3. The van der Waals surface area contributed by atoms with Gasteiger partial charge in [-0.05, 0) is 68.4 Å².